The summed E-state index contributed by atoms with van der Waals surface area (Å²) in [5, 5.41) is 4.87. The predicted molar refractivity (Wildman–Crippen MR) is 48.9 cm³/mol. The largest absolute Gasteiger partial charge is 0.365 e. The van der Waals surface area contributed by atoms with Crippen LogP contribution in [0.2, 0.25) is 0 Å². The van der Waals surface area contributed by atoms with Gasteiger partial charge in [-0.25, -0.2) is 13.6 Å². The lowest BCUT2D eigenvalue weighted by Crippen LogP contribution is -2.10. The van der Waals surface area contributed by atoms with E-state index in [4.69, 9.17) is 10.9 Å². The molecule has 72 valence electrons. The second kappa shape index (κ2) is 3.09. The second-order valence-corrected chi connectivity index (χ2v) is 5.33. The summed E-state index contributed by atoms with van der Waals surface area (Å²) in [4.78, 5) is 11.0. The number of sulfonamides is 1. The first-order valence-corrected chi connectivity index (χ1v) is 5.61. The highest BCUT2D eigenvalue weighted by atomic mass is 32.2. The fourth-order valence-electron chi connectivity index (χ4n) is 0.838. The Labute approximate surface area is 79.4 Å². The first-order chi connectivity index (χ1) is 5.82. The van der Waals surface area contributed by atoms with E-state index in [1.54, 1.807) is 6.92 Å². The van der Waals surface area contributed by atoms with Gasteiger partial charge in [-0.1, -0.05) is 0 Å². The van der Waals surface area contributed by atoms with Crippen LogP contribution in [0.1, 0.15) is 15.2 Å². The van der Waals surface area contributed by atoms with E-state index in [2.05, 4.69) is 0 Å². The normalized spacial score (nSPS) is 11.5. The number of carbonyl (C=O) groups is 1. The van der Waals surface area contributed by atoms with Crippen LogP contribution >= 0.6 is 11.3 Å². The fraction of sp³-hybridized carbons (Fsp3) is 0.167. The summed E-state index contributed by atoms with van der Waals surface area (Å²) in [7, 11) is -3.73. The summed E-state index contributed by atoms with van der Waals surface area (Å²) in [6, 6.07) is 1.33. The Morgan fingerprint density at radius 2 is 2.08 bits per heavy atom. The van der Waals surface area contributed by atoms with Crippen LogP contribution in [0, 0.1) is 6.92 Å². The molecule has 0 saturated carbocycles. The number of thiophene rings is 1. The third kappa shape index (κ3) is 2.06. The molecule has 1 aromatic rings. The third-order valence-corrected chi connectivity index (χ3v) is 4.07. The highest BCUT2D eigenvalue weighted by Gasteiger charge is 2.16. The summed E-state index contributed by atoms with van der Waals surface area (Å²) in [5.41, 5.74) is 5.54. The van der Waals surface area contributed by atoms with E-state index in [9.17, 15) is 13.2 Å². The van der Waals surface area contributed by atoms with Gasteiger partial charge in [-0.2, -0.15) is 0 Å². The molecule has 1 aromatic heterocycles. The molecule has 0 aliphatic carbocycles. The minimum atomic E-state index is -3.73. The lowest BCUT2D eigenvalue weighted by molar-refractivity contribution is 0.100. The van der Waals surface area contributed by atoms with E-state index in [1.807, 2.05) is 0 Å². The number of primary sulfonamides is 1. The van der Waals surface area contributed by atoms with Crippen molar-refractivity contribution in [3.63, 3.8) is 0 Å². The van der Waals surface area contributed by atoms with Gasteiger partial charge in [0.05, 0.1) is 4.88 Å². The molecule has 0 bridgehead atoms. The number of rotatable bonds is 2. The zero-order valence-corrected chi connectivity index (χ0v) is 8.41. The maximum atomic E-state index is 10.9. The van der Waals surface area contributed by atoms with Gasteiger partial charge in [0.1, 0.15) is 4.21 Å². The first-order valence-electron chi connectivity index (χ1n) is 3.25. The molecule has 0 unspecified atom stereocenters. The SMILES string of the molecule is Cc1cc(S(N)(=O)=O)sc1C(N)=O. The molecule has 4 N–H and O–H groups in total. The quantitative estimate of drug-likeness (QED) is 0.721. The number of carbonyl (C=O) groups excluding carboxylic acids is 1. The number of primary amides is 1. The molecule has 5 nitrogen and oxygen atoms in total. The molecular weight excluding hydrogens is 212 g/mol. The van der Waals surface area contributed by atoms with Gasteiger partial charge in [-0.05, 0) is 18.6 Å². The Bertz CT molecular complexity index is 446. The molecule has 1 rings (SSSR count). The minimum Gasteiger partial charge on any atom is -0.365 e. The standard InChI is InChI=1S/C6H8N2O3S2/c1-3-2-4(13(8,10)11)12-5(3)6(7)9/h2H,1H3,(H2,7,9)(H2,8,10,11). The average Bonchev–Trinajstić information content (AvgIpc) is 2.29. The van der Waals surface area contributed by atoms with Gasteiger partial charge in [-0.3, -0.25) is 4.79 Å². The number of amides is 1. The summed E-state index contributed by atoms with van der Waals surface area (Å²) >= 11 is 0.787. The summed E-state index contributed by atoms with van der Waals surface area (Å²) in [6.45, 7) is 1.60. The Hall–Kier alpha value is -0.920. The van der Waals surface area contributed by atoms with Crippen molar-refractivity contribution in [1.29, 1.82) is 0 Å². The van der Waals surface area contributed by atoms with Crippen LogP contribution in [-0.4, -0.2) is 14.3 Å². The Kier molecular flexibility index (Phi) is 2.42. The molecule has 0 aromatic carbocycles. The molecule has 1 amide bonds. The molecule has 1 heterocycles. The number of aryl methyl sites for hydroxylation is 1. The van der Waals surface area contributed by atoms with E-state index >= 15 is 0 Å². The van der Waals surface area contributed by atoms with Gasteiger partial charge in [0.25, 0.3) is 5.91 Å². The molecule has 7 heteroatoms. The minimum absolute atomic E-state index is 0.0428. The molecular formula is C6H8N2O3S2. The molecule has 0 spiro atoms. The predicted octanol–water partition coefficient (Wildman–Crippen LogP) is -0.197. The van der Waals surface area contributed by atoms with E-state index in [0.717, 1.165) is 11.3 Å². The summed E-state index contributed by atoms with van der Waals surface area (Å²) in [5.74, 6) is -0.641. The van der Waals surface area contributed by atoms with Crippen LogP contribution in [0.4, 0.5) is 0 Å². The van der Waals surface area contributed by atoms with Crippen LogP contribution in [-0.2, 0) is 10.0 Å². The smallest absolute Gasteiger partial charge is 0.259 e. The lowest BCUT2D eigenvalue weighted by Gasteiger charge is -1.88. The monoisotopic (exact) mass is 220 g/mol. The maximum Gasteiger partial charge on any atom is 0.259 e. The van der Waals surface area contributed by atoms with Crippen molar-refractivity contribution in [2.24, 2.45) is 10.9 Å². The van der Waals surface area contributed by atoms with Crippen molar-refractivity contribution in [3.05, 3.63) is 16.5 Å². The van der Waals surface area contributed by atoms with Crippen molar-refractivity contribution in [3.8, 4) is 0 Å². The van der Waals surface area contributed by atoms with E-state index in [-0.39, 0.29) is 9.09 Å². The topological polar surface area (TPSA) is 103 Å². The fourth-order valence-corrected chi connectivity index (χ4v) is 2.65. The zero-order valence-electron chi connectivity index (χ0n) is 6.77. The van der Waals surface area contributed by atoms with Gasteiger partial charge in [0.2, 0.25) is 10.0 Å². The van der Waals surface area contributed by atoms with Gasteiger partial charge >= 0.3 is 0 Å². The van der Waals surface area contributed by atoms with Gasteiger partial charge in [-0.15, -0.1) is 11.3 Å². The molecule has 0 radical (unpaired) electrons. The van der Waals surface area contributed by atoms with Crippen molar-refractivity contribution in [2.45, 2.75) is 11.1 Å². The highest BCUT2D eigenvalue weighted by molar-refractivity contribution is 7.91. The van der Waals surface area contributed by atoms with E-state index < -0.39 is 15.9 Å². The van der Waals surface area contributed by atoms with E-state index in [0.29, 0.717) is 5.56 Å². The van der Waals surface area contributed by atoms with Crippen LogP contribution in [0.3, 0.4) is 0 Å². The summed E-state index contributed by atoms with van der Waals surface area (Å²) < 4.78 is 21.7. The van der Waals surface area contributed by atoms with Crippen molar-refractivity contribution in [1.82, 2.24) is 0 Å². The molecule has 0 aliphatic heterocycles. The van der Waals surface area contributed by atoms with Crippen molar-refractivity contribution in [2.75, 3.05) is 0 Å². The molecule has 0 atom stereocenters. The number of nitrogens with two attached hydrogens (primary N) is 2. The molecule has 0 saturated heterocycles. The van der Waals surface area contributed by atoms with E-state index in [1.165, 1.54) is 6.07 Å². The molecule has 13 heavy (non-hydrogen) atoms. The Morgan fingerprint density at radius 3 is 2.31 bits per heavy atom. The average molecular weight is 220 g/mol. The van der Waals surface area contributed by atoms with Crippen molar-refractivity contribution < 1.29 is 13.2 Å². The third-order valence-electron chi connectivity index (χ3n) is 1.40. The molecule has 0 aliphatic rings. The highest BCUT2D eigenvalue weighted by Crippen LogP contribution is 2.24. The number of hydrogen-bond donors (Lipinski definition) is 2. The van der Waals surface area contributed by atoms with Crippen LogP contribution in [0.15, 0.2) is 10.3 Å². The maximum absolute atomic E-state index is 10.9. The molecule has 0 fully saturated rings. The van der Waals surface area contributed by atoms with Gasteiger partial charge < -0.3 is 5.73 Å². The van der Waals surface area contributed by atoms with Gasteiger partial charge in [0.15, 0.2) is 0 Å². The zero-order chi connectivity index (χ0) is 10.2. The lowest BCUT2D eigenvalue weighted by atomic mass is 10.3. The Morgan fingerprint density at radius 1 is 1.54 bits per heavy atom. The van der Waals surface area contributed by atoms with Crippen LogP contribution in [0.5, 0.6) is 0 Å². The second-order valence-electron chi connectivity index (χ2n) is 2.49. The number of hydrogen-bond acceptors (Lipinski definition) is 4. The van der Waals surface area contributed by atoms with Crippen LogP contribution in [0.25, 0.3) is 0 Å². The van der Waals surface area contributed by atoms with Gasteiger partial charge in [0, 0.05) is 0 Å². The summed E-state index contributed by atoms with van der Waals surface area (Å²) in [6.07, 6.45) is 0. The van der Waals surface area contributed by atoms with Crippen molar-refractivity contribution >= 4 is 27.3 Å². The Balaban J connectivity index is 3.33. The van der Waals surface area contributed by atoms with Crippen LogP contribution < -0.4 is 10.9 Å². The first kappa shape index (κ1) is 10.2.